The fourth-order valence-corrected chi connectivity index (χ4v) is 5.73. The Labute approximate surface area is 231 Å². The van der Waals surface area contributed by atoms with Crippen molar-refractivity contribution < 1.29 is 27.9 Å². The highest BCUT2D eigenvalue weighted by Gasteiger charge is 2.21. The maximum Gasteiger partial charge on any atom is 0.338 e. The van der Waals surface area contributed by atoms with E-state index in [9.17, 15) is 23.1 Å². The molecule has 0 radical (unpaired) electrons. The number of nitrogens with zero attached hydrogens (tertiary/aromatic N) is 2. The van der Waals surface area contributed by atoms with Gasteiger partial charge in [0.1, 0.15) is 0 Å². The number of hydrogen-bond acceptors (Lipinski definition) is 5. The molecule has 0 aliphatic rings. The maximum absolute atomic E-state index is 11.9. The molecular formula is C28H33BrN2O6S. The number of ether oxygens (including phenoxy) is 1. The zero-order valence-corrected chi connectivity index (χ0v) is 25.2. The van der Waals surface area contributed by atoms with Gasteiger partial charge in [-0.1, -0.05) is 15.9 Å². The number of halogens is 1. The number of fused-ring (bicyclic) bond motifs is 2. The normalized spacial score (nSPS) is 11.8. The van der Waals surface area contributed by atoms with Crippen LogP contribution >= 0.6 is 15.9 Å². The molecule has 2 heterocycles. The van der Waals surface area contributed by atoms with Crippen molar-refractivity contribution in [3.63, 3.8) is 0 Å². The third-order valence-electron chi connectivity index (χ3n) is 6.36. The van der Waals surface area contributed by atoms with Crippen LogP contribution in [0.4, 0.5) is 0 Å². The number of benzene rings is 2. The van der Waals surface area contributed by atoms with E-state index in [1.807, 2.05) is 50.6 Å². The van der Waals surface area contributed by atoms with E-state index in [0.717, 1.165) is 32.8 Å². The van der Waals surface area contributed by atoms with Crippen LogP contribution in [0.1, 0.15) is 71.6 Å². The average molecular weight is 606 g/mol. The molecule has 0 spiro atoms. The molecule has 2 aromatic carbocycles. The molecule has 4 aromatic rings. The first-order valence-corrected chi connectivity index (χ1v) is 14.7. The Balaban J connectivity index is 0.000000212. The van der Waals surface area contributed by atoms with Gasteiger partial charge in [-0.2, -0.15) is 0 Å². The predicted octanol–water partition coefficient (Wildman–Crippen LogP) is 6.71. The first-order chi connectivity index (χ1) is 17.6. The number of rotatable bonds is 5. The van der Waals surface area contributed by atoms with Crippen molar-refractivity contribution in [2.45, 2.75) is 58.5 Å². The van der Waals surface area contributed by atoms with E-state index < -0.39 is 15.8 Å². The van der Waals surface area contributed by atoms with E-state index in [4.69, 9.17) is 4.74 Å². The number of aromatic nitrogens is 2. The number of hydrogen-bond donors (Lipinski definition) is 1. The highest BCUT2D eigenvalue weighted by atomic mass is 79.9. The van der Waals surface area contributed by atoms with Gasteiger partial charge < -0.3 is 19.0 Å². The second kappa shape index (κ2) is 10.9. The van der Waals surface area contributed by atoms with Crippen LogP contribution in [0.2, 0.25) is 0 Å². The van der Waals surface area contributed by atoms with Gasteiger partial charge in [0.15, 0.2) is 9.84 Å². The number of carbonyl (C=O) groups is 2. The fourth-order valence-electron chi connectivity index (χ4n) is 4.62. The molecule has 4 rings (SSSR count). The molecule has 1 N–H and O–H groups in total. The molecule has 0 bridgehead atoms. The van der Waals surface area contributed by atoms with E-state index >= 15 is 0 Å². The van der Waals surface area contributed by atoms with Crippen LogP contribution in [0.25, 0.3) is 21.8 Å². The summed E-state index contributed by atoms with van der Waals surface area (Å²) in [6.07, 6.45) is 5.01. The molecular weight excluding hydrogens is 572 g/mol. The van der Waals surface area contributed by atoms with Crippen LogP contribution in [0.15, 0.2) is 46.0 Å². The predicted molar refractivity (Wildman–Crippen MR) is 153 cm³/mol. The first kappa shape index (κ1) is 29.4. The Kier molecular flexibility index (Phi) is 8.48. The van der Waals surface area contributed by atoms with E-state index in [2.05, 4.69) is 40.5 Å². The zero-order valence-electron chi connectivity index (χ0n) is 22.8. The smallest absolute Gasteiger partial charge is 0.338 e. The van der Waals surface area contributed by atoms with Gasteiger partial charge >= 0.3 is 11.9 Å². The minimum Gasteiger partial charge on any atom is -0.478 e. The molecule has 0 unspecified atom stereocenters. The van der Waals surface area contributed by atoms with Crippen molar-refractivity contribution >= 4 is 59.5 Å². The van der Waals surface area contributed by atoms with Crippen LogP contribution in [-0.4, -0.2) is 48.0 Å². The molecule has 38 heavy (non-hydrogen) atoms. The summed E-state index contributed by atoms with van der Waals surface area (Å²) in [6.45, 7) is 12.0. The average Bonchev–Trinajstić information content (AvgIpc) is 3.34. The Bertz CT molecular complexity index is 1660. The van der Waals surface area contributed by atoms with Gasteiger partial charge in [-0.15, -0.1) is 0 Å². The molecule has 204 valence electrons. The van der Waals surface area contributed by atoms with Gasteiger partial charge in [-0.05, 0) is 76.9 Å². The minimum absolute atomic E-state index is 0.0276. The van der Waals surface area contributed by atoms with Crippen LogP contribution in [0.3, 0.4) is 0 Å². The second-order valence-electron chi connectivity index (χ2n) is 9.91. The summed E-state index contributed by atoms with van der Waals surface area (Å²) >= 11 is 3.45. The largest absolute Gasteiger partial charge is 0.478 e. The molecule has 2 aromatic heterocycles. The Morgan fingerprint density at radius 2 is 1.34 bits per heavy atom. The number of aromatic carboxylic acids is 1. The van der Waals surface area contributed by atoms with Crippen molar-refractivity contribution in [1.82, 2.24) is 9.13 Å². The van der Waals surface area contributed by atoms with E-state index in [1.165, 1.54) is 13.2 Å². The van der Waals surface area contributed by atoms with Crippen molar-refractivity contribution in [3.8, 4) is 0 Å². The van der Waals surface area contributed by atoms with Crippen LogP contribution in [0, 0.1) is 13.8 Å². The number of esters is 1. The SMILES string of the molecule is COC(=O)c1cc(Br)cc2c1c(C)cn2C(C)C.Cc1cn(C(C)C)c2cc(S(C)(=O)=O)cc(C(=O)O)c12. The van der Waals surface area contributed by atoms with Gasteiger partial charge in [-0.3, -0.25) is 0 Å². The molecule has 0 aliphatic carbocycles. The lowest BCUT2D eigenvalue weighted by Gasteiger charge is -2.11. The van der Waals surface area contributed by atoms with Crippen molar-refractivity contribution in [3.05, 3.63) is 63.4 Å². The summed E-state index contributed by atoms with van der Waals surface area (Å²) in [5.41, 5.74) is 4.24. The summed E-state index contributed by atoms with van der Waals surface area (Å²) in [4.78, 5) is 23.3. The summed E-state index contributed by atoms with van der Waals surface area (Å²) < 4.78 is 33.3. The second-order valence-corrected chi connectivity index (χ2v) is 12.8. The molecule has 0 saturated carbocycles. The third kappa shape index (κ3) is 5.66. The Hall–Kier alpha value is -3.11. The van der Waals surface area contributed by atoms with Crippen molar-refractivity contribution in [2.75, 3.05) is 13.4 Å². The summed E-state index contributed by atoms with van der Waals surface area (Å²) in [7, 11) is -2.05. The van der Waals surface area contributed by atoms with Crippen molar-refractivity contribution in [1.29, 1.82) is 0 Å². The number of carboxylic acids is 1. The number of methoxy groups -OCH3 is 1. The van der Waals surface area contributed by atoms with Gasteiger partial charge in [0.25, 0.3) is 0 Å². The Morgan fingerprint density at radius 3 is 1.76 bits per heavy atom. The summed E-state index contributed by atoms with van der Waals surface area (Å²) in [5.74, 6) is -1.42. The standard InChI is InChI=1S/C14H16BrNO2.C14H17NO4S/c1-8(2)16-7-9(3)13-11(14(17)18-4)5-10(15)6-12(13)16;1-8(2)15-7-9(3)13-11(14(16)17)5-10(6-12(13)15)20(4,18)19/h5-8H,1-4H3;5-8H,1-4H3,(H,16,17). The quantitative estimate of drug-likeness (QED) is 0.254. The maximum atomic E-state index is 11.9. The molecule has 0 saturated heterocycles. The van der Waals surface area contributed by atoms with Gasteiger partial charge in [0.2, 0.25) is 0 Å². The lowest BCUT2D eigenvalue weighted by Crippen LogP contribution is -2.05. The molecule has 10 heteroatoms. The van der Waals surface area contributed by atoms with Crippen LogP contribution in [0.5, 0.6) is 0 Å². The van der Waals surface area contributed by atoms with Gasteiger partial charge in [-0.25, -0.2) is 18.0 Å². The van der Waals surface area contributed by atoms with E-state index in [0.29, 0.717) is 22.5 Å². The van der Waals surface area contributed by atoms with Crippen LogP contribution in [-0.2, 0) is 14.6 Å². The topological polar surface area (TPSA) is 108 Å². The number of carbonyl (C=O) groups excluding carboxylic acids is 1. The summed E-state index contributed by atoms with van der Waals surface area (Å²) in [6, 6.07) is 7.09. The number of aryl methyl sites for hydroxylation is 2. The highest BCUT2D eigenvalue weighted by Crippen LogP contribution is 2.32. The van der Waals surface area contributed by atoms with E-state index in [1.54, 1.807) is 6.07 Å². The lowest BCUT2D eigenvalue weighted by molar-refractivity contribution is 0.0602. The highest BCUT2D eigenvalue weighted by molar-refractivity contribution is 9.10. The summed E-state index contributed by atoms with van der Waals surface area (Å²) in [5, 5.41) is 10.9. The van der Waals surface area contributed by atoms with Crippen LogP contribution < -0.4 is 0 Å². The van der Waals surface area contributed by atoms with Crippen molar-refractivity contribution in [2.24, 2.45) is 0 Å². The minimum atomic E-state index is -3.46. The molecule has 0 aliphatic heterocycles. The van der Waals surface area contributed by atoms with Gasteiger partial charge in [0, 0.05) is 46.0 Å². The lowest BCUT2D eigenvalue weighted by atomic mass is 10.1. The first-order valence-electron chi connectivity index (χ1n) is 12.1. The number of sulfone groups is 1. The van der Waals surface area contributed by atoms with E-state index in [-0.39, 0.29) is 22.5 Å². The third-order valence-corrected chi connectivity index (χ3v) is 7.91. The molecule has 0 amide bonds. The monoisotopic (exact) mass is 604 g/mol. The number of carboxylic acid groups (broad SMARTS) is 1. The molecule has 0 atom stereocenters. The molecule has 0 fully saturated rings. The van der Waals surface area contributed by atoms with Gasteiger partial charge in [0.05, 0.1) is 34.2 Å². The molecule has 8 nitrogen and oxygen atoms in total. The Morgan fingerprint density at radius 1 is 0.868 bits per heavy atom. The zero-order chi connectivity index (χ0) is 28.7. The fraction of sp³-hybridized carbons (Fsp3) is 0.357.